The molecule has 8 nitrogen and oxygen atoms in total. The van der Waals surface area contributed by atoms with Crippen molar-refractivity contribution in [3.8, 4) is 0 Å². The fourth-order valence-corrected chi connectivity index (χ4v) is 2.23. The standard InChI is InChI=1S/C13H18N4O4/c1-3-16-4-5-17(13(20)12(16)19)7-9-6-10(11(18)15-14)21-8(9)2/h6H,3-5,7,14H2,1-2H3,(H,15,18). The number of aryl methyl sites for hydroxylation is 1. The van der Waals surface area contributed by atoms with Crippen molar-refractivity contribution < 1.29 is 18.8 Å². The van der Waals surface area contributed by atoms with Gasteiger partial charge in [-0.25, -0.2) is 5.84 Å². The molecule has 3 amide bonds. The Bertz CT molecular complexity index is 581. The summed E-state index contributed by atoms with van der Waals surface area (Å²) in [7, 11) is 0. The maximum atomic E-state index is 12.0. The Morgan fingerprint density at radius 2 is 1.95 bits per heavy atom. The number of piperazine rings is 1. The van der Waals surface area contributed by atoms with E-state index in [4.69, 9.17) is 10.3 Å². The molecule has 1 aromatic heterocycles. The van der Waals surface area contributed by atoms with Gasteiger partial charge in [-0.2, -0.15) is 0 Å². The van der Waals surface area contributed by atoms with Crippen molar-refractivity contribution in [2.75, 3.05) is 19.6 Å². The third-order valence-electron chi connectivity index (χ3n) is 3.52. The zero-order valence-corrected chi connectivity index (χ0v) is 12.0. The van der Waals surface area contributed by atoms with Gasteiger partial charge in [0, 0.05) is 31.7 Å². The summed E-state index contributed by atoms with van der Waals surface area (Å²) < 4.78 is 5.29. The molecular weight excluding hydrogens is 276 g/mol. The van der Waals surface area contributed by atoms with Crippen LogP contribution in [0, 0.1) is 6.92 Å². The number of carbonyl (C=O) groups excluding carboxylic acids is 3. The minimum atomic E-state index is -0.539. The zero-order chi connectivity index (χ0) is 15.6. The van der Waals surface area contributed by atoms with Crippen LogP contribution in [-0.2, 0) is 16.1 Å². The summed E-state index contributed by atoms with van der Waals surface area (Å²) in [6.07, 6.45) is 0. The smallest absolute Gasteiger partial charge is 0.312 e. The second-order valence-corrected chi connectivity index (χ2v) is 4.78. The Labute approximate surface area is 121 Å². The Hall–Kier alpha value is -2.35. The van der Waals surface area contributed by atoms with Gasteiger partial charge in [-0.1, -0.05) is 0 Å². The second kappa shape index (κ2) is 5.96. The molecule has 1 saturated heterocycles. The quantitative estimate of drug-likeness (QED) is 0.333. The number of nitrogen functional groups attached to an aromatic ring is 1. The maximum absolute atomic E-state index is 12.0. The Morgan fingerprint density at radius 1 is 1.33 bits per heavy atom. The number of likely N-dealkylation sites (N-methyl/N-ethyl adjacent to an activating group) is 1. The van der Waals surface area contributed by atoms with Gasteiger partial charge in [0.15, 0.2) is 5.76 Å². The van der Waals surface area contributed by atoms with Crippen LogP contribution in [0.25, 0.3) is 0 Å². The summed E-state index contributed by atoms with van der Waals surface area (Å²) in [5.41, 5.74) is 2.66. The zero-order valence-electron chi connectivity index (χ0n) is 12.0. The number of nitrogens with two attached hydrogens (primary N) is 1. The van der Waals surface area contributed by atoms with E-state index in [-0.39, 0.29) is 12.3 Å². The summed E-state index contributed by atoms with van der Waals surface area (Å²) in [6.45, 7) is 5.24. The molecule has 2 heterocycles. The highest BCUT2D eigenvalue weighted by atomic mass is 16.4. The van der Waals surface area contributed by atoms with Crippen molar-refractivity contribution in [3.05, 3.63) is 23.2 Å². The summed E-state index contributed by atoms with van der Waals surface area (Å²) in [5.74, 6) is 4.08. The molecule has 1 fully saturated rings. The Kier molecular flexibility index (Phi) is 4.27. The van der Waals surface area contributed by atoms with Crippen molar-refractivity contribution in [1.82, 2.24) is 15.2 Å². The predicted octanol–water partition coefficient (Wildman–Crippen LogP) is -0.618. The molecule has 0 aromatic carbocycles. The molecule has 0 unspecified atom stereocenters. The first-order chi connectivity index (χ1) is 9.97. The van der Waals surface area contributed by atoms with Gasteiger partial charge in [0.1, 0.15) is 5.76 Å². The van der Waals surface area contributed by atoms with Crippen LogP contribution in [0.15, 0.2) is 10.5 Å². The normalized spacial score (nSPS) is 15.6. The van der Waals surface area contributed by atoms with Crippen molar-refractivity contribution >= 4 is 17.7 Å². The maximum Gasteiger partial charge on any atom is 0.312 e. The van der Waals surface area contributed by atoms with Crippen molar-refractivity contribution in [2.24, 2.45) is 5.84 Å². The highest BCUT2D eigenvalue weighted by Crippen LogP contribution is 2.18. The third kappa shape index (κ3) is 2.89. The van der Waals surface area contributed by atoms with Crippen LogP contribution < -0.4 is 11.3 Å². The molecule has 1 aliphatic rings. The van der Waals surface area contributed by atoms with Crippen LogP contribution >= 0.6 is 0 Å². The summed E-state index contributed by atoms with van der Waals surface area (Å²) >= 11 is 0. The van der Waals surface area contributed by atoms with Crippen molar-refractivity contribution in [3.63, 3.8) is 0 Å². The van der Waals surface area contributed by atoms with Crippen LogP contribution in [-0.4, -0.2) is 47.2 Å². The number of hydrazine groups is 1. The minimum absolute atomic E-state index is 0.0796. The lowest BCUT2D eigenvalue weighted by Crippen LogP contribution is -2.53. The lowest BCUT2D eigenvalue weighted by molar-refractivity contribution is -0.156. The van der Waals surface area contributed by atoms with E-state index in [0.29, 0.717) is 31.0 Å². The number of hydrogen-bond donors (Lipinski definition) is 2. The van der Waals surface area contributed by atoms with Crippen LogP contribution in [0.2, 0.25) is 0 Å². The third-order valence-corrected chi connectivity index (χ3v) is 3.52. The van der Waals surface area contributed by atoms with Gasteiger partial charge in [0.25, 0.3) is 0 Å². The average Bonchev–Trinajstić information content (AvgIpc) is 2.84. The molecule has 0 aliphatic carbocycles. The molecule has 8 heteroatoms. The van der Waals surface area contributed by atoms with Gasteiger partial charge in [-0.05, 0) is 19.9 Å². The molecule has 0 radical (unpaired) electrons. The fraction of sp³-hybridized carbons (Fsp3) is 0.462. The molecule has 1 aromatic rings. The van der Waals surface area contributed by atoms with E-state index in [2.05, 4.69) is 0 Å². The monoisotopic (exact) mass is 294 g/mol. The first-order valence-corrected chi connectivity index (χ1v) is 6.66. The van der Waals surface area contributed by atoms with Gasteiger partial charge in [-0.3, -0.25) is 19.8 Å². The van der Waals surface area contributed by atoms with Crippen LogP contribution in [0.1, 0.15) is 28.8 Å². The highest BCUT2D eigenvalue weighted by Gasteiger charge is 2.32. The molecule has 2 rings (SSSR count). The summed E-state index contributed by atoms with van der Waals surface area (Å²) in [6, 6.07) is 1.53. The lowest BCUT2D eigenvalue weighted by atomic mass is 10.2. The predicted molar refractivity (Wildman–Crippen MR) is 72.8 cm³/mol. The van der Waals surface area contributed by atoms with Crippen LogP contribution in [0.3, 0.4) is 0 Å². The second-order valence-electron chi connectivity index (χ2n) is 4.78. The molecule has 3 N–H and O–H groups in total. The molecule has 114 valence electrons. The topological polar surface area (TPSA) is 109 Å². The Morgan fingerprint density at radius 3 is 2.57 bits per heavy atom. The van der Waals surface area contributed by atoms with Crippen molar-refractivity contribution in [2.45, 2.75) is 20.4 Å². The molecule has 0 atom stereocenters. The number of carbonyl (C=O) groups is 3. The van der Waals surface area contributed by atoms with Crippen molar-refractivity contribution in [1.29, 1.82) is 0 Å². The molecule has 0 spiro atoms. The molecule has 0 bridgehead atoms. The fourth-order valence-electron chi connectivity index (χ4n) is 2.23. The molecule has 0 saturated carbocycles. The lowest BCUT2D eigenvalue weighted by Gasteiger charge is -2.32. The summed E-state index contributed by atoms with van der Waals surface area (Å²) in [5, 5.41) is 0. The number of rotatable bonds is 4. The van der Waals surface area contributed by atoms with E-state index in [9.17, 15) is 14.4 Å². The number of hydrogen-bond acceptors (Lipinski definition) is 5. The minimum Gasteiger partial charge on any atom is -0.456 e. The molecule has 1 aliphatic heterocycles. The number of nitrogens with one attached hydrogen (secondary N) is 1. The van der Waals surface area contributed by atoms with Crippen LogP contribution in [0.5, 0.6) is 0 Å². The molecular formula is C13H18N4O4. The molecule has 21 heavy (non-hydrogen) atoms. The largest absolute Gasteiger partial charge is 0.456 e. The van der Waals surface area contributed by atoms with Gasteiger partial charge in [0.05, 0.1) is 0 Å². The SMILES string of the molecule is CCN1CCN(Cc2cc(C(=O)NN)oc2C)C(=O)C1=O. The van der Waals surface area contributed by atoms with Gasteiger partial charge >= 0.3 is 17.7 Å². The van der Waals surface area contributed by atoms with Gasteiger partial charge in [0.2, 0.25) is 0 Å². The number of furan rings is 1. The first-order valence-electron chi connectivity index (χ1n) is 6.66. The number of amides is 3. The first kappa shape index (κ1) is 15.0. The van der Waals surface area contributed by atoms with Gasteiger partial charge in [-0.15, -0.1) is 0 Å². The summed E-state index contributed by atoms with van der Waals surface area (Å²) in [4.78, 5) is 38.2. The van der Waals surface area contributed by atoms with Crippen LogP contribution in [0.4, 0.5) is 0 Å². The van der Waals surface area contributed by atoms with E-state index >= 15 is 0 Å². The highest BCUT2D eigenvalue weighted by molar-refractivity contribution is 6.35. The Balaban J connectivity index is 2.12. The van der Waals surface area contributed by atoms with E-state index in [1.807, 2.05) is 12.3 Å². The van der Waals surface area contributed by atoms with E-state index in [1.54, 1.807) is 6.92 Å². The van der Waals surface area contributed by atoms with E-state index in [1.165, 1.54) is 15.9 Å². The number of nitrogens with zero attached hydrogens (tertiary/aromatic N) is 2. The van der Waals surface area contributed by atoms with E-state index in [0.717, 1.165) is 0 Å². The van der Waals surface area contributed by atoms with E-state index < -0.39 is 17.7 Å². The average molecular weight is 294 g/mol. The van der Waals surface area contributed by atoms with Gasteiger partial charge < -0.3 is 14.2 Å².